The van der Waals surface area contributed by atoms with Crippen molar-refractivity contribution in [1.29, 1.82) is 0 Å². The molecule has 0 aromatic carbocycles. The highest BCUT2D eigenvalue weighted by Crippen LogP contribution is 2.34. The van der Waals surface area contributed by atoms with Crippen LogP contribution in [0, 0.1) is 11.8 Å². The van der Waals surface area contributed by atoms with Crippen LogP contribution in [0.15, 0.2) is 16.8 Å². The Hall–Kier alpha value is -0.380. The van der Waals surface area contributed by atoms with Crippen molar-refractivity contribution in [1.82, 2.24) is 10.2 Å². The van der Waals surface area contributed by atoms with Crippen molar-refractivity contribution in [2.45, 2.75) is 25.8 Å². The topological polar surface area (TPSA) is 15.3 Å². The predicted molar refractivity (Wildman–Crippen MR) is 73.5 cm³/mol. The van der Waals surface area contributed by atoms with Crippen LogP contribution in [0.5, 0.6) is 0 Å². The molecule has 17 heavy (non-hydrogen) atoms. The minimum Gasteiger partial charge on any atom is -0.316 e. The zero-order valence-corrected chi connectivity index (χ0v) is 11.4. The maximum absolute atomic E-state index is 3.55. The summed E-state index contributed by atoms with van der Waals surface area (Å²) >= 11 is 1.82. The number of nitrogens with zero attached hydrogens (tertiary/aromatic N) is 1. The molecule has 3 heteroatoms. The van der Waals surface area contributed by atoms with Gasteiger partial charge in [0.2, 0.25) is 0 Å². The average molecular weight is 250 g/mol. The van der Waals surface area contributed by atoms with Gasteiger partial charge in [0.15, 0.2) is 0 Å². The second kappa shape index (κ2) is 5.09. The fourth-order valence-electron chi connectivity index (χ4n) is 3.64. The van der Waals surface area contributed by atoms with Gasteiger partial charge in [-0.25, -0.2) is 0 Å². The van der Waals surface area contributed by atoms with Gasteiger partial charge in [0, 0.05) is 19.1 Å². The lowest BCUT2D eigenvalue weighted by atomic mass is 9.93. The minimum absolute atomic E-state index is 0.827. The Bertz CT molecular complexity index is 349. The van der Waals surface area contributed by atoms with Gasteiger partial charge < -0.3 is 5.32 Å². The van der Waals surface area contributed by atoms with Crippen molar-refractivity contribution in [3.05, 3.63) is 22.4 Å². The van der Waals surface area contributed by atoms with Crippen molar-refractivity contribution >= 4 is 11.3 Å². The van der Waals surface area contributed by atoms with Crippen molar-refractivity contribution in [2.24, 2.45) is 11.8 Å². The van der Waals surface area contributed by atoms with Crippen LogP contribution in [0.1, 0.15) is 18.9 Å². The molecule has 0 aliphatic carbocycles. The van der Waals surface area contributed by atoms with Crippen LogP contribution in [-0.2, 0) is 6.42 Å². The van der Waals surface area contributed by atoms with Crippen LogP contribution in [0.25, 0.3) is 0 Å². The van der Waals surface area contributed by atoms with Gasteiger partial charge in [-0.15, -0.1) is 0 Å². The molecule has 1 aromatic rings. The highest BCUT2D eigenvalue weighted by atomic mass is 32.1. The number of fused-ring (bicyclic) bond motifs is 1. The Labute approximate surface area is 108 Å². The van der Waals surface area contributed by atoms with Crippen molar-refractivity contribution in [3.8, 4) is 0 Å². The van der Waals surface area contributed by atoms with Gasteiger partial charge in [-0.05, 0) is 60.2 Å². The van der Waals surface area contributed by atoms with E-state index in [4.69, 9.17) is 0 Å². The average Bonchev–Trinajstić information content (AvgIpc) is 3.02. The fourth-order valence-corrected chi connectivity index (χ4v) is 4.34. The molecular weight excluding hydrogens is 228 g/mol. The summed E-state index contributed by atoms with van der Waals surface area (Å²) in [5, 5.41) is 8.03. The molecule has 0 saturated carbocycles. The Morgan fingerprint density at radius 1 is 1.47 bits per heavy atom. The van der Waals surface area contributed by atoms with E-state index in [0.29, 0.717) is 0 Å². The Balaban J connectivity index is 1.59. The molecular formula is C14H22N2S. The lowest BCUT2D eigenvalue weighted by Gasteiger charge is -2.26. The fraction of sp³-hybridized carbons (Fsp3) is 0.714. The van der Waals surface area contributed by atoms with Gasteiger partial charge >= 0.3 is 0 Å². The first-order chi connectivity index (χ1) is 8.38. The monoisotopic (exact) mass is 250 g/mol. The number of rotatable bonds is 4. The summed E-state index contributed by atoms with van der Waals surface area (Å²) in [6, 6.07) is 3.10. The van der Waals surface area contributed by atoms with Gasteiger partial charge in [-0.3, -0.25) is 4.90 Å². The number of nitrogens with one attached hydrogen (secondary N) is 1. The molecule has 2 nitrogen and oxygen atoms in total. The molecule has 3 rings (SSSR count). The van der Waals surface area contributed by atoms with E-state index < -0.39 is 0 Å². The van der Waals surface area contributed by atoms with E-state index in [1.807, 2.05) is 11.3 Å². The van der Waals surface area contributed by atoms with Gasteiger partial charge in [0.25, 0.3) is 0 Å². The summed E-state index contributed by atoms with van der Waals surface area (Å²) in [5.74, 6) is 1.84. The number of likely N-dealkylation sites (tertiary alicyclic amines) is 1. The van der Waals surface area contributed by atoms with E-state index in [-0.39, 0.29) is 0 Å². The molecule has 2 aliphatic rings. The smallest absolute Gasteiger partial charge is 0.0137 e. The van der Waals surface area contributed by atoms with Crippen molar-refractivity contribution < 1.29 is 0 Å². The Morgan fingerprint density at radius 2 is 2.41 bits per heavy atom. The second-order valence-electron chi connectivity index (χ2n) is 5.43. The maximum Gasteiger partial charge on any atom is 0.0137 e. The lowest BCUT2D eigenvalue weighted by molar-refractivity contribution is 0.221. The van der Waals surface area contributed by atoms with E-state index in [2.05, 4.69) is 34.0 Å². The summed E-state index contributed by atoms with van der Waals surface area (Å²) in [5.41, 5.74) is 1.51. The predicted octanol–water partition coefficient (Wildman–Crippen LogP) is 2.22. The van der Waals surface area contributed by atoms with E-state index in [1.165, 1.54) is 44.6 Å². The first kappa shape index (κ1) is 11.7. The highest BCUT2D eigenvalue weighted by molar-refractivity contribution is 7.07. The third kappa shape index (κ3) is 2.28. The quantitative estimate of drug-likeness (QED) is 0.881. The third-order valence-corrected chi connectivity index (χ3v) is 5.24. The minimum atomic E-state index is 0.827. The molecule has 0 spiro atoms. The van der Waals surface area contributed by atoms with Crippen molar-refractivity contribution in [2.75, 3.05) is 26.2 Å². The molecule has 94 valence electrons. The summed E-state index contributed by atoms with van der Waals surface area (Å²) < 4.78 is 0. The van der Waals surface area contributed by atoms with Crippen LogP contribution in [0.4, 0.5) is 0 Å². The van der Waals surface area contributed by atoms with E-state index in [9.17, 15) is 0 Å². The van der Waals surface area contributed by atoms with Gasteiger partial charge in [-0.2, -0.15) is 11.3 Å². The summed E-state index contributed by atoms with van der Waals surface area (Å²) in [4.78, 5) is 2.74. The third-order valence-electron chi connectivity index (χ3n) is 4.51. The first-order valence-corrected chi connectivity index (χ1v) is 7.78. The molecule has 2 saturated heterocycles. The lowest BCUT2D eigenvalue weighted by Crippen LogP contribution is -2.36. The normalized spacial score (nSPS) is 33.1. The zero-order valence-electron chi connectivity index (χ0n) is 10.6. The van der Waals surface area contributed by atoms with Crippen LogP contribution in [0.2, 0.25) is 0 Å². The van der Waals surface area contributed by atoms with Crippen LogP contribution in [-0.4, -0.2) is 37.1 Å². The Kier molecular flexibility index (Phi) is 3.50. The van der Waals surface area contributed by atoms with Crippen molar-refractivity contribution in [3.63, 3.8) is 0 Å². The van der Waals surface area contributed by atoms with E-state index in [0.717, 1.165) is 17.9 Å². The molecule has 1 aromatic heterocycles. The molecule has 3 atom stereocenters. The molecule has 3 unspecified atom stereocenters. The standard InChI is InChI=1S/C14H22N2S/c1-2-14-13-8-15-7-12(13)9-16(14)5-3-11-4-6-17-10-11/h4,6,10,12-15H,2-3,5,7-9H2,1H3. The number of hydrogen-bond acceptors (Lipinski definition) is 3. The largest absolute Gasteiger partial charge is 0.316 e. The van der Waals surface area contributed by atoms with E-state index >= 15 is 0 Å². The molecule has 0 amide bonds. The number of thiophene rings is 1. The van der Waals surface area contributed by atoms with Crippen LogP contribution >= 0.6 is 11.3 Å². The Morgan fingerprint density at radius 3 is 3.18 bits per heavy atom. The molecule has 1 N–H and O–H groups in total. The second-order valence-corrected chi connectivity index (χ2v) is 6.21. The molecule has 0 bridgehead atoms. The van der Waals surface area contributed by atoms with Crippen LogP contribution < -0.4 is 5.32 Å². The molecule has 0 radical (unpaired) electrons. The first-order valence-electron chi connectivity index (χ1n) is 6.84. The van der Waals surface area contributed by atoms with Gasteiger partial charge in [0.1, 0.15) is 0 Å². The molecule has 2 fully saturated rings. The molecule has 3 heterocycles. The van der Waals surface area contributed by atoms with Gasteiger partial charge in [-0.1, -0.05) is 6.92 Å². The SMILES string of the molecule is CCC1C2CNCC2CN1CCc1ccsc1. The maximum atomic E-state index is 3.55. The summed E-state index contributed by atoms with van der Waals surface area (Å²) in [7, 11) is 0. The van der Waals surface area contributed by atoms with E-state index in [1.54, 1.807) is 0 Å². The summed E-state index contributed by atoms with van der Waals surface area (Å²) in [6.45, 7) is 7.42. The molecule has 2 aliphatic heterocycles. The zero-order chi connectivity index (χ0) is 11.7. The number of hydrogen-bond donors (Lipinski definition) is 1. The summed E-state index contributed by atoms with van der Waals surface area (Å²) in [6.07, 6.45) is 2.54. The van der Waals surface area contributed by atoms with Crippen LogP contribution in [0.3, 0.4) is 0 Å². The van der Waals surface area contributed by atoms with Gasteiger partial charge in [0.05, 0.1) is 0 Å². The highest BCUT2D eigenvalue weighted by Gasteiger charge is 2.42.